The van der Waals surface area contributed by atoms with Gasteiger partial charge in [0.15, 0.2) is 0 Å². The summed E-state index contributed by atoms with van der Waals surface area (Å²) in [6, 6.07) is 8.54. The Balaban J connectivity index is 0.00000192. The quantitative estimate of drug-likeness (QED) is 0.573. The lowest BCUT2D eigenvalue weighted by atomic mass is 10.1. The van der Waals surface area contributed by atoms with Crippen molar-refractivity contribution in [2.75, 3.05) is 0 Å². The third kappa shape index (κ3) is 3.37. The molecule has 1 aromatic carbocycles. The van der Waals surface area contributed by atoms with Gasteiger partial charge < -0.3 is 9.30 Å². The van der Waals surface area contributed by atoms with Crippen molar-refractivity contribution in [1.29, 1.82) is 0 Å². The van der Waals surface area contributed by atoms with E-state index >= 15 is 0 Å². The molecule has 0 radical (unpaired) electrons. The van der Waals surface area contributed by atoms with Gasteiger partial charge in [-0.15, -0.1) is 17.0 Å². The first-order valence-electron chi connectivity index (χ1n) is 8.16. The first-order chi connectivity index (χ1) is 10.6. The average Bonchev–Trinajstić information content (AvgIpc) is 2.79. The van der Waals surface area contributed by atoms with Crippen molar-refractivity contribution < 1.29 is 4.74 Å². The van der Waals surface area contributed by atoms with Gasteiger partial charge >= 0.3 is 0 Å². The Kier molecular flexibility index (Phi) is 5.69. The number of pyridine rings is 1. The number of aryl methyl sites for hydroxylation is 2. The molecule has 0 unspecified atom stereocenters. The molecule has 0 aliphatic carbocycles. The molecule has 4 heteroatoms. The van der Waals surface area contributed by atoms with Crippen molar-refractivity contribution in [1.82, 2.24) is 9.55 Å². The normalized spacial score (nSPS) is 11.2. The number of unbranched alkanes of at least 4 members (excludes halogenated alkanes) is 1. The molecule has 3 aromatic rings. The van der Waals surface area contributed by atoms with Crippen LogP contribution in [0, 0.1) is 6.92 Å². The highest BCUT2D eigenvalue weighted by molar-refractivity contribution is 8.93. The molecule has 0 aliphatic heterocycles. The van der Waals surface area contributed by atoms with Gasteiger partial charge in [0.2, 0.25) is 0 Å². The van der Waals surface area contributed by atoms with Gasteiger partial charge in [-0.25, -0.2) is 0 Å². The van der Waals surface area contributed by atoms with Crippen LogP contribution >= 0.6 is 17.0 Å². The summed E-state index contributed by atoms with van der Waals surface area (Å²) in [7, 11) is 0. The SMILES string of the molecule is Br.CCCCn1c2cc(OC(C)C)ccc2c2ccnc(C)c21. The van der Waals surface area contributed by atoms with Crippen molar-refractivity contribution in [3.63, 3.8) is 0 Å². The molecule has 0 amide bonds. The van der Waals surface area contributed by atoms with Crippen LogP contribution in [0.25, 0.3) is 21.8 Å². The van der Waals surface area contributed by atoms with Gasteiger partial charge in [-0.3, -0.25) is 4.98 Å². The molecule has 0 atom stereocenters. The topological polar surface area (TPSA) is 27.1 Å². The summed E-state index contributed by atoms with van der Waals surface area (Å²) in [6.07, 6.45) is 4.44. The van der Waals surface area contributed by atoms with Gasteiger partial charge in [0, 0.05) is 29.6 Å². The number of aromatic nitrogens is 2. The highest BCUT2D eigenvalue weighted by atomic mass is 79.9. The zero-order valence-corrected chi connectivity index (χ0v) is 16.0. The van der Waals surface area contributed by atoms with E-state index in [2.05, 4.69) is 61.5 Å². The molecule has 0 bridgehead atoms. The van der Waals surface area contributed by atoms with Crippen LogP contribution in [-0.4, -0.2) is 15.7 Å². The minimum absolute atomic E-state index is 0. The Labute approximate surface area is 148 Å². The summed E-state index contributed by atoms with van der Waals surface area (Å²) >= 11 is 0. The molecule has 0 fully saturated rings. The molecule has 0 saturated heterocycles. The van der Waals surface area contributed by atoms with Crippen molar-refractivity contribution >= 4 is 38.8 Å². The van der Waals surface area contributed by atoms with E-state index in [9.17, 15) is 0 Å². The van der Waals surface area contributed by atoms with Crippen LogP contribution in [-0.2, 0) is 6.54 Å². The second kappa shape index (κ2) is 7.35. The molecule has 23 heavy (non-hydrogen) atoms. The molecular formula is C19H25BrN2O. The smallest absolute Gasteiger partial charge is 0.121 e. The number of nitrogens with zero attached hydrogens (tertiary/aromatic N) is 2. The summed E-state index contributed by atoms with van der Waals surface area (Å²) in [6.45, 7) is 9.46. The van der Waals surface area contributed by atoms with E-state index < -0.39 is 0 Å². The van der Waals surface area contributed by atoms with Gasteiger partial charge in [0.25, 0.3) is 0 Å². The highest BCUT2D eigenvalue weighted by Gasteiger charge is 2.13. The summed E-state index contributed by atoms with van der Waals surface area (Å²) < 4.78 is 8.29. The van der Waals surface area contributed by atoms with E-state index in [1.165, 1.54) is 34.6 Å². The largest absolute Gasteiger partial charge is 0.491 e. The fraction of sp³-hybridized carbons (Fsp3) is 0.421. The number of hydrogen-bond acceptors (Lipinski definition) is 2. The number of hydrogen-bond donors (Lipinski definition) is 0. The van der Waals surface area contributed by atoms with Crippen LogP contribution in [0.4, 0.5) is 0 Å². The minimum atomic E-state index is 0. The first-order valence-corrected chi connectivity index (χ1v) is 8.16. The Morgan fingerprint density at radius 1 is 1.17 bits per heavy atom. The maximum Gasteiger partial charge on any atom is 0.121 e. The van der Waals surface area contributed by atoms with Gasteiger partial charge in [-0.05, 0) is 45.4 Å². The lowest BCUT2D eigenvalue weighted by Crippen LogP contribution is -2.05. The number of rotatable bonds is 5. The molecule has 124 valence electrons. The molecule has 2 aromatic heterocycles. The van der Waals surface area contributed by atoms with E-state index in [-0.39, 0.29) is 23.1 Å². The van der Waals surface area contributed by atoms with Gasteiger partial charge in [-0.2, -0.15) is 0 Å². The fourth-order valence-corrected chi connectivity index (χ4v) is 3.09. The summed E-state index contributed by atoms with van der Waals surface area (Å²) in [4.78, 5) is 4.49. The van der Waals surface area contributed by atoms with E-state index in [0.29, 0.717) is 0 Å². The highest BCUT2D eigenvalue weighted by Crippen LogP contribution is 2.33. The van der Waals surface area contributed by atoms with Crippen LogP contribution in [0.2, 0.25) is 0 Å². The zero-order chi connectivity index (χ0) is 15.7. The standard InChI is InChI=1S/C19H24N2O.BrH/c1-5-6-11-21-18-12-15(22-13(2)3)7-8-16(18)17-9-10-20-14(4)19(17)21;/h7-10,12-13H,5-6,11H2,1-4H3;1H. The van der Waals surface area contributed by atoms with E-state index in [1.807, 2.05) is 6.20 Å². The molecule has 0 N–H and O–H groups in total. The number of halogens is 1. The lowest BCUT2D eigenvalue weighted by molar-refractivity contribution is 0.242. The molecule has 2 heterocycles. The van der Waals surface area contributed by atoms with Crippen LogP contribution in [0.15, 0.2) is 30.5 Å². The number of benzene rings is 1. The molecule has 0 saturated carbocycles. The number of fused-ring (bicyclic) bond motifs is 3. The van der Waals surface area contributed by atoms with Gasteiger partial charge in [0.1, 0.15) is 5.75 Å². The predicted molar refractivity (Wildman–Crippen MR) is 103 cm³/mol. The van der Waals surface area contributed by atoms with Crippen LogP contribution in [0.1, 0.15) is 39.3 Å². The van der Waals surface area contributed by atoms with E-state index in [0.717, 1.165) is 18.0 Å². The molecule has 0 spiro atoms. The van der Waals surface area contributed by atoms with E-state index in [4.69, 9.17) is 4.74 Å². The molecule has 3 nitrogen and oxygen atoms in total. The second-order valence-electron chi connectivity index (χ2n) is 6.14. The van der Waals surface area contributed by atoms with E-state index in [1.54, 1.807) is 0 Å². The average molecular weight is 377 g/mol. The van der Waals surface area contributed by atoms with Crippen LogP contribution in [0.3, 0.4) is 0 Å². The van der Waals surface area contributed by atoms with Crippen LogP contribution < -0.4 is 4.74 Å². The van der Waals surface area contributed by atoms with Gasteiger partial charge in [-0.1, -0.05) is 13.3 Å². The number of ether oxygens (including phenoxy) is 1. The maximum absolute atomic E-state index is 5.88. The fourth-order valence-electron chi connectivity index (χ4n) is 3.09. The third-order valence-electron chi connectivity index (χ3n) is 4.03. The predicted octanol–water partition coefficient (Wildman–Crippen LogP) is 5.66. The molecule has 0 aliphatic rings. The summed E-state index contributed by atoms with van der Waals surface area (Å²) in [5.41, 5.74) is 3.60. The molecule has 3 rings (SSSR count). The first kappa shape index (κ1) is 17.8. The Morgan fingerprint density at radius 3 is 2.65 bits per heavy atom. The molecular weight excluding hydrogens is 352 g/mol. The Morgan fingerprint density at radius 2 is 1.96 bits per heavy atom. The Hall–Kier alpha value is -1.55. The Bertz CT molecular complexity index is 808. The summed E-state index contributed by atoms with van der Waals surface area (Å²) in [5, 5.41) is 2.57. The van der Waals surface area contributed by atoms with Crippen molar-refractivity contribution in [3.8, 4) is 5.75 Å². The van der Waals surface area contributed by atoms with Crippen molar-refractivity contribution in [2.24, 2.45) is 0 Å². The maximum atomic E-state index is 5.88. The summed E-state index contributed by atoms with van der Waals surface area (Å²) in [5.74, 6) is 0.939. The zero-order valence-electron chi connectivity index (χ0n) is 14.3. The van der Waals surface area contributed by atoms with Crippen molar-refractivity contribution in [2.45, 2.75) is 53.2 Å². The van der Waals surface area contributed by atoms with Crippen molar-refractivity contribution in [3.05, 3.63) is 36.2 Å². The minimum Gasteiger partial charge on any atom is -0.491 e. The van der Waals surface area contributed by atoms with Gasteiger partial charge in [0.05, 0.1) is 22.8 Å². The lowest BCUT2D eigenvalue weighted by Gasteiger charge is -2.11. The van der Waals surface area contributed by atoms with Crippen LogP contribution in [0.5, 0.6) is 5.75 Å². The monoisotopic (exact) mass is 376 g/mol. The third-order valence-corrected chi connectivity index (χ3v) is 4.03. The second-order valence-corrected chi connectivity index (χ2v) is 6.14.